The lowest BCUT2D eigenvalue weighted by Gasteiger charge is -2.12. The number of nitrogens with one attached hydrogen (secondary N) is 1. The fraction of sp³-hybridized carbons (Fsp3) is 0.0500. The monoisotopic (exact) mass is 358 g/mol. The predicted octanol–water partition coefficient (Wildman–Crippen LogP) is 5.63. The Morgan fingerprint density at radius 2 is 1.23 bits per heavy atom. The topological polar surface area (TPSA) is 24.4 Å². The van der Waals surface area contributed by atoms with E-state index in [-0.39, 0.29) is 12.3 Å². The van der Waals surface area contributed by atoms with Crippen LogP contribution >= 0.6 is 0 Å². The Labute approximate surface area is 147 Å². The minimum atomic E-state index is -0.869. The molecule has 132 valence electrons. The zero-order chi connectivity index (χ0) is 18.5. The molecule has 0 radical (unpaired) electrons. The van der Waals surface area contributed by atoms with Crippen LogP contribution in [-0.2, 0) is 6.42 Å². The van der Waals surface area contributed by atoms with Gasteiger partial charge in [-0.25, -0.2) is 22.6 Å². The van der Waals surface area contributed by atoms with Crippen molar-refractivity contribution in [2.24, 2.45) is 4.99 Å². The van der Waals surface area contributed by atoms with Gasteiger partial charge in [0.2, 0.25) is 0 Å². The van der Waals surface area contributed by atoms with Crippen molar-refractivity contribution < 1.29 is 17.6 Å². The summed E-state index contributed by atoms with van der Waals surface area (Å²) in [5.41, 5.74) is -0.200. The maximum absolute atomic E-state index is 13.9. The van der Waals surface area contributed by atoms with Crippen molar-refractivity contribution in [2.75, 3.05) is 5.32 Å². The number of nitrogens with zero attached hydrogens (tertiary/aromatic N) is 1. The molecule has 3 aromatic carbocycles. The first-order chi connectivity index (χ1) is 12.5. The molecule has 0 aliphatic heterocycles. The Kier molecular flexibility index (Phi) is 5.31. The molecule has 0 aliphatic carbocycles. The Bertz CT molecular complexity index is 899. The number of hydrogen-bond acceptors (Lipinski definition) is 1. The molecule has 3 rings (SSSR count). The molecule has 3 aromatic rings. The van der Waals surface area contributed by atoms with Crippen molar-refractivity contribution in [1.29, 1.82) is 0 Å². The van der Waals surface area contributed by atoms with Gasteiger partial charge < -0.3 is 5.32 Å². The first-order valence-corrected chi connectivity index (χ1v) is 7.81. The van der Waals surface area contributed by atoms with Crippen molar-refractivity contribution in [3.05, 3.63) is 95.6 Å². The number of hydrogen-bond donors (Lipinski definition) is 1. The van der Waals surface area contributed by atoms with E-state index in [9.17, 15) is 17.6 Å². The van der Waals surface area contributed by atoms with Gasteiger partial charge in [-0.05, 0) is 29.8 Å². The zero-order valence-corrected chi connectivity index (χ0v) is 13.5. The van der Waals surface area contributed by atoms with E-state index in [0.29, 0.717) is 0 Å². The molecular weight excluding hydrogens is 344 g/mol. The van der Waals surface area contributed by atoms with E-state index in [1.807, 2.05) is 0 Å². The summed E-state index contributed by atoms with van der Waals surface area (Å²) in [4.78, 5) is 3.95. The summed E-state index contributed by atoms with van der Waals surface area (Å²) in [5, 5.41) is 2.53. The molecule has 6 heteroatoms. The summed E-state index contributed by atoms with van der Waals surface area (Å²) in [6.45, 7) is 0. The van der Waals surface area contributed by atoms with Crippen LogP contribution in [0.4, 0.5) is 28.9 Å². The van der Waals surface area contributed by atoms with Gasteiger partial charge >= 0.3 is 0 Å². The lowest BCUT2D eigenvalue weighted by molar-refractivity contribution is 0.587. The fourth-order valence-electron chi connectivity index (χ4n) is 2.39. The third kappa shape index (κ3) is 4.08. The Morgan fingerprint density at radius 1 is 0.692 bits per heavy atom. The summed E-state index contributed by atoms with van der Waals surface area (Å²) >= 11 is 0. The molecule has 0 aliphatic rings. The lowest BCUT2D eigenvalue weighted by atomic mass is 10.1. The minimum Gasteiger partial charge on any atom is -0.339 e. The van der Waals surface area contributed by atoms with Crippen LogP contribution in [-0.4, -0.2) is 5.84 Å². The number of rotatable bonds is 4. The fourth-order valence-corrected chi connectivity index (χ4v) is 2.39. The second kappa shape index (κ2) is 7.82. The molecule has 0 heterocycles. The number of anilines is 1. The standard InChI is InChI=1S/C20H14F4N2/c21-14-8-4-9-15(22)19(14)25-18(12-13-6-2-1-3-7-13)26-20-16(23)10-5-11-17(20)24/h1-11H,12H2,(H,25,26). The van der Waals surface area contributed by atoms with Crippen molar-refractivity contribution in [3.63, 3.8) is 0 Å². The van der Waals surface area contributed by atoms with Gasteiger partial charge in [-0.3, -0.25) is 0 Å². The van der Waals surface area contributed by atoms with Crippen LogP contribution < -0.4 is 5.32 Å². The molecule has 0 unspecified atom stereocenters. The van der Waals surface area contributed by atoms with Crippen LogP contribution in [0.5, 0.6) is 0 Å². The highest BCUT2D eigenvalue weighted by Gasteiger charge is 2.14. The lowest BCUT2D eigenvalue weighted by Crippen LogP contribution is -2.17. The molecule has 0 saturated carbocycles. The summed E-state index contributed by atoms with van der Waals surface area (Å²) in [5.74, 6) is -3.40. The van der Waals surface area contributed by atoms with E-state index in [0.717, 1.165) is 29.8 Å². The molecule has 0 fully saturated rings. The summed E-state index contributed by atoms with van der Waals surface area (Å²) in [7, 11) is 0. The smallest absolute Gasteiger partial charge is 0.151 e. The van der Waals surface area contributed by atoms with E-state index in [2.05, 4.69) is 10.3 Å². The van der Waals surface area contributed by atoms with E-state index < -0.39 is 34.6 Å². The molecule has 0 atom stereocenters. The number of para-hydroxylation sites is 2. The molecule has 0 spiro atoms. The van der Waals surface area contributed by atoms with Crippen LogP contribution in [0, 0.1) is 23.3 Å². The van der Waals surface area contributed by atoms with Crippen molar-refractivity contribution in [3.8, 4) is 0 Å². The van der Waals surface area contributed by atoms with Gasteiger partial charge in [-0.15, -0.1) is 0 Å². The molecule has 0 aromatic heterocycles. The largest absolute Gasteiger partial charge is 0.339 e. The Morgan fingerprint density at radius 3 is 1.81 bits per heavy atom. The highest BCUT2D eigenvalue weighted by molar-refractivity contribution is 5.98. The van der Waals surface area contributed by atoms with Crippen molar-refractivity contribution in [2.45, 2.75) is 6.42 Å². The van der Waals surface area contributed by atoms with Gasteiger partial charge in [0.25, 0.3) is 0 Å². The highest BCUT2D eigenvalue weighted by atomic mass is 19.1. The van der Waals surface area contributed by atoms with E-state index in [4.69, 9.17) is 0 Å². The third-order valence-electron chi connectivity index (χ3n) is 3.63. The number of benzene rings is 3. The summed E-state index contributed by atoms with van der Waals surface area (Å²) in [6, 6.07) is 15.6. The van der Waals surface area contributed by atoms with E-state index in [1.54, 1.807) is 30.3 Å². The van der Waals surface area contributed by atoms with Gasteiger partial charge in [0.15, 0.2) is 11.6 Å². The molecule has 1 N–H and O–H groups in total. The number of halogens is 4. The van der Waals surface area contributed by atoms with E-state index in [1.165, 1.54) is 12.1 Å². The maximum Gasteiger partial charge on any atom is 0.151 e. The average molecular weight is 358 g/mol. The zero-order valence-electron chi connectivity index (χ0n) is 13.5. The van der Waals surface area contributed by atoms with Gasteiger partial charge in [-0.2, -0.15) is 0 Å². The van der Waals surface area contributed by atoms with E-state index >= 15 is 0 Å². The third-order valence-corrected chi connectivity index (χ3v) is 3.63. The van der Waals surface area contributed by atoms with Crippen LogP contribution in [0.2, 0.25) is 0 Å². The average Bonchev–Trinajstić information content (AvgIpc) is 2.62. The number of aliphatic imine (C=N–C) groups is 1. The minimum absolute atomic E-state index is 0.00389. The van der Waals surface area contributed by atoms with Crippen LogP contribution in [0.25, 0.3) is 0 Å². The number of amidine groups is 1. The first-order valence-electron chi connectivity index (χ1n) is 7.81. The Balaban J connectivity index is 2.03. The van der Waals surface area contributed by atoms with Crippen molar-refractivity contribution in [1.82, 2.24) is 0 Å². The maximum atomic E-state index is 13.9. The normalized spacial score (nSPS) is 11.5. The van der Waals surface area contributed by atoms with Crippen LogP contribution in [0.15, 0.2) is 71.7 Å². The molecule has 0 bridgehead atoms. The van der Waals surface area contributed by atoms with Crippen molar-refractivity contribution >= 4 is 17.2 Å². The molecule has 0 saturated heterocycles. The molecule has 2 nitrogen and oxygen atoms in total. The van der Waals surface area contributed by atoms with Gasteiger partial charge in [0.05, 0.1) is 0 Å². The van der Waals surface area contributed by atoms with Gasteiger partial charge in [0, 0.05) is 6.42 Å². The SMILES string of the molecule is Fc1cccc(F)c1N=C(Cc1ccccc1)Nc1c(F)cccc1F. The van der Waals surface area contributed by atoms with Crippen LogP contribution in [0.3, 0.4) is 0 Å². The molecule has 26 heavy (non-hydrogen) atoms. The second-order valence-electron chi connectivity index (χ2n) is 5.51. The van der Waals surface area contributed by atoms with Gasteiger partial charge in [0.1, 0.15) is 28.8 Å². The summed E-state index contributed by atoms with van der Waals surface area (Å²) < 4.78 is 55.7. The molecule has 0 amide bonds. The van der Waals surface area contributed by atoms with Crippen LogP contribution in [0.1, 0.15) is 5.56 Å². The highest BCUT2D eigenvalue weighted by Crippen LogP contribution is 2.24. The quantitative estimate of drug-likeness (QED) is 0.365. The summed E-state index contributed by atoms with van der Waals surface area (Å²) in [6.07, 6.45) is 0.0996. The Hall–Kier alpha value is -3.15. The van der Waals surface area contributed by atoms with Gasteiger partial charge in [-0.1, -0.05) is 42.5 Å². The molecular formula is C20H14F4N2. The first kappa shape index (κ1) is 17.7. The predicted molar refractivity (Wildman–Crippen MR) is 93.6 cm³/mol. The second-order valence-corrected chi connectivity index (χ2v) is 5.51.